The number of hydrogen-bond acceptors (Lipinski definition) is 4. The third-order valence-electron chi connectivity index (χ3n) is 4.63. The van der Waals surface area contributed by atoms with E-state index in [0.717, 1.165) is 29.2 Å². The average Bonchev–Trinajstić information content (AvgIpc) is 3.13. The van der Waals surface area contributed by atoms with Gasteiger partial charge in [0.1, 0.15) is 11.4 Å². The van der Waals surface area contributed by atoms with E-state index in [0.29, 0.717) is 12.2 Å². The fourth-order valence-corrected chi connectivity index (χ4v) is 3.37. The van der Waals surface area contributed by atoms with E-state index in [-0.39, 0.29) is 12.0 Å². The van der Waals surface area contributed by atoms with Crippen molar-refractivity contribution in [3.8, 4) is 5.75 Å². The number of pyridine rings is 1. The fourth-order valence-electron chi connectivity index (χ4n) is 3.37. The van der Waals surface area contributed by atoms with Crippen LogP contribution in [-0.4, -0.2) is 23.5 Å². The summed E-state index contributed by atoms with van der Waals surface area (Å²) in [5, 5.41) is 3.32. The summed E-state index contributed by atoms with van der Waals surface area (Å²) in [4.78, 5) is 19.1. The van der Waals surface area contributed by atoms with E-state index in [1.807, 2.05) is 62.4 Å². The smallest absolute Gasteiger partial charge is 0.276 e. The summed E-state index contributed by atoms with van der Waals surface area (Å²) in [6, 6.07) is 19.4. The van der Waals surface area contributed by atoms with Crippen LogP contribution in [0.3, 0.4) is 0 Å². The zero-order valence-corrected chi connectivity index (χ0v) is 16.1. The molecule has 0 saturated heterocycles. The SMILES string of the molecule is CC(C)Oc1ccc(Nc2ccnc(C(=O)N3CCc4ccccc43)c2)cc1. The third kappa shape index (κ3) is 3.83. The minimum atomic E-state index is -0.0747. The maximum Gasteiger partial charge on any atom is 0.276 e. The fraction of sp³-hybridized carbons (Fsp3) is 0.217. The van der Waals surface area contributed by atoms with Gasteiger partial charge in [-0.15, -0.1) is 0 Å². The Kier molecular flexibility index (Phi) is 4.98. The zero-order chi connectivity index (χ0) is 19.5. The lowest BCUT2D eigenvalue weighted by Crippen LogP contribution is -2.29. The number of carbonyl (C=O) groups excluding carboxylic acids is 1. The number of nitrogens with one attached hydrogen (secondary N) is 1. The maximum absolute atomic E-state index is 13.0. The largest absolute Gasteiger partial charge is 0.491 e. The molecule has 1 N–H and O–H groups in total. The Balaban J connectivity index is 1.50. The predicted octanol–water partition coefficient (Wildman–Crippen LogP) is 4.82. The number of rotatable bonds is 5. The molecule has 142 valence electrons. The molecule has 2 aromatic carbocycles. The van der Waals surface area contributed by atoms with Crippen LogP contribution in [-0.2, 0) is 6.42 Å². The highest BCUT2D eigenvalue weighted by Crippen LogP contribution is 2.29. The van der Waals surface area contributed by atoms with Crippen molar-refractivity contribution in [3.05, 3.63) is 78.1 Å². The lowest BCUT2D eigenvalue weighted by Gasteiger charge is -2.17. The van der Waals surface area contributed by atoms with E-state index >= 15 is 0 Å². The summed E-state index contributed by atoms with van der Waals surface area (Å²) in [7, 11) is 0. The van der Waals surface area contributed by atoms with Gasteiger partial charge < -0.3 is 15.0 Å². The Bertz CT molecular complexity index is 983. The van der Waals surface area contributed by atoms with E-state index in [9.17, 15) is 4.79 Å². The second-order valence-electron chi connectivity index (χ2n) is 7.08. The van der Waals surface area contributed by atoms with Crippen molar-refractivity contribution < 1.29 is 9.53 Å². The van der Waals surface area contributed by atoms with Crippen molar-refractivity contribution in [1.82, 2.24) is 4.98 Å². The molecule has 0 spiro atoms. The number of anilines is 3. The highest BCUT2D eigenvalue weighted by Gasteiger charge is 2.26. The molecule has 4 rings (SSSR count). The van der Waals surface area contributed by atoms with Crippen molar-refractivity contribution in [2.75, 3.05) is 16.8 Å². The van der Waals surface area contributed by atoms with Gasteiger partial charge in [-0.25, -0.2) is 0 Å². The van der Waals surface area contributed by atoms with Crippen LogP contribution < -0.4 is 15.0 Å². The molecule has 1 aliphatic rings. The van der Waals surface area contributed by atoms with Crippen molar-refractivity contribution in [1.29, 1.82) is 0 Å². The lowest BCUT2D eigenvalue weighted by molar-refractivity contribution is 0.0984. The van der Waals surface area contributed by atoms with Crippen molar-refractivity contribution in [2.24, 2.45) is 0 Å². The molecule has 0 aliphatic carbocycles. The molecule has 0 unspecified atom stereocenters. The number of para-hydroxylation sites is 1. The van der Waals surface area contributed by atoms with Gasteiger partial charge >= 0.3 is 0 Å². The molecular weight excluding hydrogens is 350 g/mol. The molecule has 1 aromatic heterocycles. The van der Waals surface area contributed by atoms with Crippen LogP contribution in [0, 0.1) is 0 Å². The molecule has 0 atom stereocenters. The van der Waals surface area contributed by atoms with Gasteiger partial charge in [-0.1, -0.05) is 18.2 Å². The standard InChI is InChI=1S/C23H23N3O2/c1-16(2)28-20-9-7-18(8-10-20)25-19-11-13-24-21(15-19)23(27)26-14-12-17-5-3-4-6-22(17)26/h3-11,13,15-16H,12,14H2,1-2H3,(H,24,25). The predicted molar refractivity (Wildman–Crippen MR) is 112 cm³/mol. The highest BCUT2D eigenvalue weighted by molar-refractivity contribution is 6.06. The number of amides is 1. The van der Waals surface area contributed by atoms with Crippen LogP contribution in [0.4, 0.5) is 17.1 Å². The first-order chi connectivity index (χ1) is 13.6. The number of nitrogens with zero attached hydrogens (tertiary/aromatic N) is 2. The minimum absolute atomic E-state index is 0.0747. The second-order valence-corrected chi connectivity index (χ2v) is 7.08. The quantitative estimate of drug-likeness (QED) is 0.697. The number of benzene rings is 2. The third-order valence-corrected chi connectivity index (χ3v) is 4.63. The van der Waals surface area contributed by atoms with Crippen LogP contribution in [0.1, 0.15) is 29.9 Å². The molecule has 0 saturated carbocycles. The van der Waals surface area contributed by atoms with Crippen LogP contribution >= 0.6 is 0 Å². The van der Waals surface area contributed by atoms with Gasteiger partial charge in [0.05, 0.1) is 6.10 Å². The summed E-state index contributed by atoms with van der Waals surface area (Å²) >= 11 is 0. The molecular formula is C23H23N3O2. The maximum atomic E-state index is 13.0. The molecule has 5 nitrogen and oxygen atoms in total. The normalized spacial score (nSPS) is 12.8. The summed E-state index contributed by atoms with van der Waals surface area (Å²) in [5.41, 5.74) is 4.36. The Morgan fingerprint density at radius 3 is 2.64 bits per heavy atom. The summed E-state index contributed by atoms with van der Waals surface area (Å²) in [5.74, 6) is 0.758. The van der Waals surface area contributed by atoms with Crippen molar-refractivity contribution in [2.45, 2.75) is 26.4 Å². The number of ether oxygens (including phenoxy) is 1. The first kappa shape index (κ1) is 18.0. The summed E-state index contributed by atoms with van der Waals surface area (Å²) in [6.45, 7) is 4.69. The van der Waals surface area contributed by atoms with Gasteiger partial charge in [0.25, 0.3) is 5.91 Å². The first-order valence-corrected chi connectivity index (χ1v) is 9.50. The van der Waals surface area contributed by atoms with Gasteiger partial charge in [0.2, 0.25) is 0 Å². The van der Waals surface area contributed by atoms with E-state index in [1.165, 1.54) is 5.56 Å². The summed E-state index contributed by atoms with van der Waals surface area (Å²) in [6.07, 6.45) is 2.68. The van der Waals surface area contributed by atoms with Crippen LogP contribution in [0.5, 0.6) is 5.75 Å². The molecule has 0 bridgehead atoms. The van der Waals surface area contributed by atoms with Crippen LogP contribution in [0.15, 0.2) is 66.9 Å². The van der Waals surface area contributed by atoms with Gasteiger partial charge in [0, 0.05) is 29.8 Å². The average molecular weight is 373 g/mol. The van der Waals surface area contributed by atoms with Gasteiger partial charge in [-0.3, -0.25) is 9.78 Å². The Hall–Kier alpha value is -3.34. The molecule has 0 fully saturated rings. The van der Waals surface area contributed by atoms with E-state index in [4.69, 9.17) is 4.74 Å². The van der Waals surface area contributed by atoms with E-state index < -0.39 is 0 Å². The molecule has 3 aromatic rings. The number of fused-ring (bicyclic) bond motifs is 1. The molecule has 0 radical (unpaired) electrons. The second kappa shape index (κ2) is 7.72. The lowest BCUT2D eigenvalue weighted by atomic mass is 10.2. The van der Waals surface area contributed by atoms with E-state index in [2.05, 4.69) is 16.4 Å². The van der Waals surface area contributed by atoms with Gasteiger partial charge in [0.15, 0.2) is 0 Å². The van der Waals surface area contributed by atoms with Crippen LogP contribution in [0.2, 0.25) is 0 Å². The number of carbonyl (C=O) groups is 1. The monoisotopic (exact) mass is 373 g/mol. The number of hydrogen-bond donors (Lipinski definition) is 1. The van der Waals surface area contributed by atoms with Crippen molar-refractivity contribution >= 4 is 23.0 Å². The molecule has 5 heteroatoms. The first-order valence-electron chi connectivity index (χ1n) is 9.50. The Morgan fingerprint density at radius 2 is 1.86 bits per heavy atom. The summed E-state index contributed by atoms with van der Waals surface area (Å²) < 4.78 is 5.67. The van der Waals surface area contributed by atoms with E-state index in [1.54, 1.807) is 17.2 Å². The molecule has 2 heterocycles. The Labute approximate surface area is 165 Å². The Morgan fingerprint density at radius 1 is 1.07 bits per heavy atom. The van der Waals surface area contributed by atoms with Gasteiger partial charge in [-0.2, -0.15) is 0 Å². The highest BCUT2D eigenvalue weighted by atomic mass is 16.5. The molecule has 28 heavy (non-hydrogen) atoms. The minimum Gasteiger partial charge on any atom is -0.491 e. The number of aromatic nitrogens is 1. The molecule has 1 amide bonds. The van der Waals surface area contributed by atoms with Crippen molar-refractivity contribution in [3.63, 3.8) is 0 Å². The zero-order valence-electron chi connectivity index (χ0n) is 16.1. The topological polar surface area (TPSA) is 54.5 Å². The molecule has 1 aliphatic heterocycles. The van der Waals surface area contributed by atoms with Crippen LogP contribution in [0.25, 0.3) is 0 Å². The van der Waals surface area contributed by atoms with Gasteiger partial charge in [-0.05, 0) is 68.3 Å².